The first-order valence-electron chi connectivity index (χ1n) is 2.88. The lowest BCUT2D eigenvalue weighted by Crippen LogP contribution is -1.98. The lowest BCUT2D eigenvalue weighted by Gasteiger charge is -1.93. The first-order chi connectivity index (χ1) is 3.81. The molecule has 0 fully saturated rings. The van der Waals surface area contributed by atoms with Gasteiger partial charge in [0.05, 0.1) is 7.11 Å². The van der Waals surface area contributed by atoms with Gasteiger partial charge in [-0.25, -0.2) is 0 Å². The van der Waals surface area contributed by atoms with E-state index >= 15 is 0 Å². The minimum Gasteiger partial charge on any atom is -0.469 e. The Morgan fingerprint density at radius 1 is 1.56 bits per heavy atom. The van der Waals surface area contributed by atoms with Crippen LogP contribution in [0.2, 0.25) is 0 Å². The van der Waals surface area contributed by atoms with Crippen LogP contribution >= 0.6 is 12.4 Å². The van der Waals surface area contributed by atoms with E-state index in [2.05, 4.69) is 4.74 Å². The fraction of sp³-hybridized carbons (Fsp3) is 0.833. The first kappa shape index (κ1) is 11.5. The van der Waals surface area contributed by atoms with E-state index in [-0.39, 0.29) is 18.4 Å². The van der Waals surface area contributed by atoms with Gasteiger partial charge in [-0.3, -0.25) is 4.79 Å². The molecule has 56 valence electrons. The Kier molecular flexibility index (Phi) is 9.95. The van der Waals surface area contributed by atoms with Gasteiger partial charge in [0, 0.05) is 6.42 Å². The molecule has 0 aliphatic heterocycles. The summed E-state index contributed by atoms with van der Waals surface area (Å²) in [4.78, 5) is 10.3. The summed E-state index contributed by atoms with van der Waals surface area (Å²) in [5.41, 5.74) is 0. The molecular formula is C6H13ClO2. The summed E-state index contributed by atoms with van der Waals surface area (Å²) in [5.74, 6) is -0.105. The maximum Gasteiger partial charge on any atom is 0.305 e. The lowest BCUT2D eigenvalue weighted by molar-refractivity contribution is -0.140. The molecule has 0 rings (SSSR count). The third kappa shape index (κ3) is 7.76. The maximum absolute atomic E-state index is 10.3. The third-order valence-corrected chi connectivity index (χ3v) is 0.962. The van der Waals surface area contributed by atoms with Crippen molar-refractivity contribution in [2.45, 2.75) is 26.2 Å². The molecule has 0 aromatic heterocycles. The number of methoxy groups -OCH3 is 1. The predicted octanol–water partition coefficient (Wildman–Crippen LogP) is 1.77. The van der Waals surface area contributed by atoms with Gasteiger partial charge in [0.25, 0.3) is 0 Å². The van der Waals surface area contributed by atoms with Crippen LogP contribution in [-0.4, -0.2) is 13.1 Å². The number of esters is 1. The second kappa shape index (κ2) is 7.76. The molecule has 0 aromatic carbocycles. The van der Waals surface area contributed by atoms with Crippen molar-refractivity contribution >= 4 is 18.4 Å². The van der Waals surface area contributed by atoms with Crippen LogP contribution in [0.15, 0.2) is 0 Å². The normalized spacial score (nSPS) is 7.78. The van der Waals surface area contributed by atoms with E-state index in [1.165, 1.54) is 7.11 Å². The van der Waals surface area contributed by atoms with E-state index in [4.69, 9.17) is 0 Å². The molecule has 0 N–H and O–H groups in total. The number of carbonyl (C=O) groups excluding carboxylic acids is 1. The standard InChI is InChI=1S/C6H12O2.ClH/c1-3-4-5-6(7)8-2;/h3-5H2,1-2H3;1H. The summed E-state index contributed by atoms with van der Waals surface area (Å²) in [6.45, 7) is 2.04. The fourth-order valence-electron chi connectivity index (χ4n) is 0.423. The fourth-order valence-corrected chi connectivity index (χ4v) is 0.423. The molecule has 0 unspecified atom stereocenters. The van der Waals surface area contributed by atoms with E-state index in [1.54, 1.807) is 0 Å². The molecule has 9 heavy (non-hydrogen) atoms. The zero-order valence-corrected chi connectivity index (χ0v) is 6.66. The van der Waals surface area contributed by atoms with Gasteiger partial charge >= 0.3 is 5.97 Å². The van der Waals surface area contributed by atoms with Gasteiger partial charge in [-0.2, -0.15) is 0 Å². The van der Waals surface area contributed by atoms with E-state index in [1.807, 2.05) is 6.92 Å². The van der Waals surface area contributed by atoms with Gasteiger partial charge < -0.3 is 4.74 Å². The second-order valence-corrected chi connectivity index (χ2v) is 1.68. The summed E-state index contributed by atoms with van der Waals surface area (Å²) < 4.78 is 4.41. The predicted molar refractivity (Wildman–Crippen MR) is 38.8 cm³/mol. The number of halogens is 1. The zero-order valence-electron chi connectivity index (χ0n) is 5.85. The Morgan fingerprint density at radius 2 is 2.11 bits per heavy atom. The van der Waals surface area contributed by atoms with Gasteiger partial charge in [-0.05, 0) is 6.42 Å². The van der Waals surface area contributed by atoms with Crippen molar-refractivity contribution in [1.82, 2.24) is 0 Å². The molecule has 2 nitrogen and oxygen atoms in total. The lowest BCUT2D eigenvalue weighted by atomic mass is 10.3. The molecular weight excluding hydrogens is 140 g/mol. The van der Waals surface area contributed by atoms with E-state index < -0.39 is 0 Å². The maximum atomic E-state index is 10.3. The zero-order chi connectivity index (χ0) is 6.41. The highest BCUT2D eigenvalue weighted by Crippen LogP contribution is 1.94. The average Bonchev–Trinajstić information content (AvgIpc) is 1.83. The van der Waals surface area contributed by atoms with Gasteiger partial charge in [0.1, 0.15) is 0 Å². The van der Waals surface area contributed by atoms with Crippen molar-refractivity contribution in [3.05, 3.63) is 0 Å². The monoisotopic (exact) mass is 152 g/mol. The summed E-state index contributed by atoms with van der Waals surface area (Å²) in [6, 6.07) is 0. The van der Waals surface area contributed by atoms with Crippen LogP contribution in [0, 0.1) is 0 Å². The highest BCUT2D eigenvalue weighted by molar-refractivity contribution is 5.85. The average molecular weight is 153 g/mol. The van der Waals surface area contributed by atoms with Crippen LogP contribution in [-0.2, 0) is 9.53 Å². The van der Waals surface area contributed by atoms with Crippen LogP contribution in [0.5, 0.6) is 0 Å². The Hall–Kier alpha value is -0.240. The molecule has 0 saturated heterocycles. The SMILES string of the molecule is CCCCC(=O)OC.Cl. The first-order valence-corrected chi connectivity index (χ1v) is 2.88. The van der Waals surface area contributed by atoms with Crippen LogP contribution in [0.1, 0.15) is 26.2 Å². The van der Waals surface area contributed by atoms with E-state index in [0.717, 1.165) is 12.8 Å². The van der Waals surface area contributed by atoms with Crippen molar-refractivity contribution in [1.29, 1.82) is 0 Å². The molecule has 0 amide bonds. The Morgan fingerprint density at radius 3 is 2.44 bits per heavy atom. The minimum absolute atomic E-state index is 0. The number of hydrogen-bond donors (Lipinski definition) is 0. The number of unbranched alkanes of at least 4 members (excludes halogenated alkanes) is 1. The summed E-state index contributed by atoms with van der Waals surface area (Å²) in [7, 11) is 1.41. The topological polar surface area (TPSA) is 26.3 Å². The van der Waals surface area contributed by atoms with E-state index in [9.17, 15) is 4.79 Å². The van der Waals surface area contributed by atoms with Crippen LogP contribution < -0.4 is 0 Å². The smallest absolute Gasteiger partial charge is 0.305 e. The number of rotatable bonds is 3. The highest BCUT2D eigenvalue weighted by Gasteiger charge is 1.95. The number of carbonyl (C=O) groups is 1. The van der Waals surface area contributed by atoms with E-state index in [0.29, 0.717) is 6.42 Å². The summed E-state index contributed by atoms with van der Waals surface area (Å²) >= 11 is 0. The van der Waals surface area contributed by atoms with Crippen molar-refractivity contribution in [3.8, 4) is 0 Å². The third-order valence-electron chi connectivity index (χ3n) is 0.962. The number of hydrogen-bond acceptors (Lipinski definition) is 2. The van der Waals surface area contributed by atoms with Gasteiger partial charge in [-0.1, -0.05) is 13.3 Å². The summed E-state index contributed by atoms with van der Waals surface area (Å²) in [5, 5.41) is 0. The van der Waals surface area contributed by atoms with Crippen molar-refractivity contribution in [3.63, 3.8) is 0 Å². The van der Waals surface area contributed by atoms with Crippen LogP contribution in [0.25, 0.3) is 0 Å². The Labute approximate surface area is 62.0 Å². The van der Waals surface area contributed by atoms with Gasteiger partial charge in [-0.15, -0.1) is 12.4 Å². The Bertz CT molecular complexity index is 73.5. The molecule has 0 bridgehead atoms. The molecule has 0 radical (unpaired) electrons. The molecule has 0 heterocycles. The quantitative estimate of drug-likeness (QED) is 0.577. The summed E-state index contributed by atoms with van der Waals surface area (Å²) in [6.07, 6.45) is 2.55. The molecule has 0 aliphatic carbocycles. The van der Waals surface area contributed by atoms with Gasteiger partial charge in [0.15, 0.2) is 0 Å². The largest absolute Gasteiger partial charge is 0.469 e. The highest BCUT2D eigenvalue weighted by atomic mass is 35.5. The second-order valence-electron chi connectivity index (χ2n) is 1.68. The van der Waals surface area contributed by atoms with Gasteiger partial charge in [0.2, 0.25) is 0 Å². The number of ether oxygens (including phenoxy) is 1. The molecule has 3 heteroatoms. The van der Waals surface area contributed by atoms with Crippen LogP contribution in [0.4, 0.5) is 0 Å². The molecule has 0 saturated carbocycles. The minimum atomic E-state index is -0.105. The molecule has 0 aromatic rings. The molecule has 0 spiro atoms. The van der Waals surface area contributed by atoms with Crippen molar-refractivity contribution in [2.24, 2.45) is 0 Å². The van der Waals surface area contributed by atoms with Crippen molar-refractivity contribution in [2.75, 3.05) is 7.11 Å². The van der Waals surface area contributed by atoms with Crippen LogP contribution in [0.3, 0.4) is 0 Å². The Balaban J connectivity index is 0. The molecule has 0 atom stereocenters. The molecule has 0 aliphatic rings. The van der Waals surface area contributed by atoms with Crippen molar-refractivity contribution < 1.29 is 9.53 Å².